The minimum absolute atomic E-state index is 0.151. The zero-order valence-electron chi connectivity index (χ0n) is 13.5. The molecule has 134 valence electrons. The van der Waals surface area contributed by atoms with Crippen LogP contribution in [0.2, 0.25) is 10.0 Å². The lowest BCUT2D eigenvalue weighted by atomic mass is 10.3. The predicted octanol–water partition coefficient (Wildman–Crippen LogP) is 5.38. The van der Waals surface area contributed by atoms with Crippen LogP contribution in [0.25, 0.3) is 10.7 Å². The number of aromatic nitrogens is 3. The SMILES string of the molecule is O=C(CSc1nnc(-c2cccs2)n1C1CC1)Nc1ccc(Cl)cc1Cl. The van der Waals surface area contributed by atoms with E-state index < -0.39 is 0 Å². The Hall–Kier alpha value is -1.54. The summed E-state index contributed by atoms with van der Waals surface area (Å²) < 4.78 is 2.15. The normalized spacial score (nSPS) is 13.8. The molecule has 0 atom stereocenters. The molecule has 0 unspecified atom stereocenters. The van der Waals surface area contributed by atoms with E-state index in [2.05, 4.69) is 20.1 Å². The third-order valence-electron chi connectivity index (χ3n) is 3.86. The predicted molar refractivity (Wildman–Crippen MR) is 107 cm³/mol. The summed E-state index contributed by atoms with van der Waals surface area (Å²) in [5.41, 5.74) is 0.546. The van der Waals surface area contributed by atoms with E-state index in [0.717, 1.165) is 28.7 Å². The highest BCUT2D eigenvalue weighted by Gasteiger charge is 2.30. The molecule has 1 fully saturated rings. The second-order valence-corrected chi connectivity index (χ2v) is 8.58. The number of rotatable bonds is 6. The number of carbonyl (C=O) groups is 1. The fourth-order valence-corrected chi connectivity index (χ4v) is 4.49. The third-order valence-corrected chi connectivity index (χ3v) is 6.21. The van der Waals surface area contributed by atoms with Gasteiger partial charge in [-0.25, -0.2) is 0 Å². The maximum absolute atomic E-state index is 12.3. The first-order chi connectivity index (χ1) is 12.6. The number of anilines is 1. The van der Waals surface area contributed by atoms with Gasteiger partial charge in [0, 0.05) is 11.1 Å². The van der Waals surface area contributed by atoms with E-state index in [1.807, 2.05) is 17.5 Å². The summed E-state index contributed by atoms with van der Waals surface area (Å²) in [5, 5.41) is 15.2. The molecule has 5 nitrogen and oxygen atoms in total. The van der Waals surface area contributed by atoms with E-state index in [1.54, 1.807) is 29.5 Å². The maximum Gasteiger partial charge on any atom is 0.234 e. The molecule has 2 heterocycles. The molecule has 1 saturated carbocycles. The van der Waals surface area contributed by atoms with Gasteiger partial charge in [0.1, 0.15) is 0 Å². The summed E-state index contributed by atoms with van der Waals surface area (Å²) >= 11 is 15.0. The van der Waals surface area contributed by atoms with Gasteiger partial charge in [-0.05, 0) is 42.5 Å². The molecule has 0 saturated heterocycles. The molecule has 1 amide bonds. The third kappa shape index (κ3) is 3.91. The van der Waals surface area contributed by atoms with Gasteiger partial charge in [-0.3, -0.25) is 9.36 Å². The second kappa shape index (κ2) is 7.60. The number of nitrogens with one attached hydrogen (secondary N) is 1. The van der Waals surface area contributed by atoms with Gasteiger partial charge in [-0.1, -0.05) is 41.0 Å². The average Bonchev–Trinajstić information content (AvgIpc) is 3.14. The van der Waals surface area contributed by atoms with E-state index in [-0.39, 0.29) is 11.7 Å². The van der Waals surface area contributed by atoms with Crippen LogP contribution in [-0.2, 0) is 4.79 Å². The van der Waals surface area contributed by atoms with Gasteiger partial charge in [0.15, 0.2) is 11.0 Å². The number of amides is 1. The lowest BCUT2D eigenvalue weighted by Crippen LogP contribution is -2.15. The average molecular weight is 425 g/mol. The van der Waals surface area contributed by atoms with Crippen molar-refractivity contribution in [1.29, 1.82) is 0 Å². The van der Waals surface area contributed by atoms with Crippen LogP contribution in [0.4, 0.5) is 5.69 Å². The summed E-state index contributed by atoms with van der Waals surface area (Å²) in [6.07, 6.45) is 2.24. The molecule has 9 heteroatoms. The van der Waals surface area contributed by atoms with Crippen molar-refractivity contribution in [3.8, 4) is 10.7 Å². The van der Waals surface area contributed by atoms with Gasteiger partial charge in [-0.15, -0.1) is 21.5 Å². The van der Waals surface area contributed by atoms with Gasteiger partial charge in [0.2, 0.25) is 5.91 Å². The van der Waals surface area contributed by atoms with Gasteiger partial charge in [0.05, 0.1) is 21.3 Å². The van der Waals surface area contributed by atoms with Crippen LogP contribution in [0, 0.1) is 0 Å². The van der Waals surface area contributed by atoms with E-state index in [9.17, 15) is 4.79 Å². The molecule has 1 aliphatic rings. The lowest BCUT2D eigenvalue weighted by molar-refractivity contribution is -0.113. The van der Waals surface area contributed by atoms with Crippen LogP contribution in [0.5, 0.6) is 0 Å². The quantitative estimate of drug-likeness (QED) is 0.539. The Balaban J connectivity index is 1.45. The van der Waals surface area contributed by atoms with Gasteiger partial charge >= 0.3 is 0 Å². The number of benzene rings is 1. The Labute approximate surface area is 168 Å². The molecular formula is C17H14Cl2N4OS2. The summed E-state index contributed by atoms with van der Waals surface area (Å²) in [6, 6.07) is 9.45. The lowest BCUT2D eigenvalue weighted by Gasteiger charge is -2.09. The van der Waals surface area contributed by atoms with E-state index in [1.165, 1.54) is 11.8 Å². The van der Waals surface area contributed by atoms with Crippen molar-refractivity contribution >= 4 is 57.9 Å². The highest BCUT2D eigenvalue weighted by atomic mass is 35.5. The zero-order chi connectivity index (χ0) is 18.1. The van der Waals surface area contributed by atoms with Gasteiger partial charge in [0.25, 0.3) is 0 Å². The monoisotopic (exact) mass is 424 g/mol. The molecule has 0 spiro atoms. The number of thiophene rings is 1. The molecule has 1 N–H and O–H groups in total. The van der Waals surface area contributed by atoms with Gasteiger partial charge < -0.3 is 5.32 Å². The smallest absolute Gasteiger partial charge is 0.234 e. The summed E-state index contributed by atoms with van der Waals surface area (Å²) in [7, 11) is 0. The number of halogens is 2. The number of carbonyl (C=O) groups excluding carboxylic acids is 1. The van der Waals surface area contributed by atoms with E-state index >= 15 is 0 Å². The minimum atomic E-state index is -0.151. The second-order valence-electron chi connectivity index (χ2n) is 5.85. The first-order valence-electron chi connectivity index (χ1n) is 7.98. The first-order valence-corrected chi connectivity index (χ1v) is 10.6. The summed E-state index contributed by atoms with van der Waals surface area (Å²) in [5.74, 6) is 0.960. The first kappa shape index (κ1) is 17.9. The minimum Gasteiger partial charge on any atom is -0.324 e. The fourth-order valence-electron chi connectivity index (χ4n) is 2.52. The van der Waals surface area contributed by atoms with Gasteiger partial charge in [-0.2, -0.15) is 0 Å². The fraction of sp³-hybridized carbons (Fsp3) is 0.235. The molecule has 1 aromatic carbocycles. The highest BCUT2D eigenvalue weighted by molar-refractivity contribution is 7.99. The van der Waals surface area contributed by atoms with Crippen molar-refractivity contribution in [2.45, 2.75) is 24.0 Å². The van der Waals surface area contributed by atoms with E-state index in [0.29, 0.717) is 21.8 Å². The highest BCUT2D eigenvalue weighted by Crippen LogP contribution is 2.41. The molecule has 2 aromatic heterocycles. The molecule has 0 radical (unpaired) electrons. The molecule has 26 heavy (non-hydrogen) atoms. The van der Waals surface area contributed by atoms with Crippen LogP contribution in [-0.4, -0.2) is 26.4 Å². The number of nitrogens with zero attached hydrogens (tertiary/aromatic N) is 3. The molecule has 4 rings (SSSR count). The number of hydrogen-bond donors (Lipinski definition) is 1. The Morgan fingerprint density at radius 3 is 2.85 bits per heavy atom. The Morgan fingerprint density at radius 2 is 2.15 bits per heavy atom. The van der Waals surface area contributed by atoms with Crippen molar-refractivity contribution in [3.63, 3.8) is 0 Å². The van der Waals surface area contributed by atoms with Crippen LogP contribution in [0.15, 0.2) is 40.9 Å². The van der Waals surface area contributed by atoms with Crippen LogP contribution in [0.1, 0.15) is 18.9 Å². The largest absolute Gasteiger partial charge is 0.324 e. The van der Waals surface area contributed by atoms with Crippen molar-refractivity contribution in [1.82, 2.24) is 14.8 Å². The molecular weight excluding hydrogens is 411 g/mol. The molecule has 1 aliphatic carbocycles. The Kier molecular flexibility index (Phi) is 5.22. The van der Waals surface area contributed by atoms with Crippen LogP contribution < -0.4 is 5.32 Å². The molecule has 0 aliphatic heterocycles. The Bertz CT molecular complexity index is 938. The topological polar surface area (TPSA) is 59.8 Å². The number of hydrogen-bond acceptors (Lipinski definition) is 5. The maximum atomic E-state index is 12.3. The van der Waals surface area contributed by atoms with Crippen molar-refractivity contribution < 1.29 is 4.79 Å². The van der Waals surface area contributed by atoms with Crippen molar-refractivity contribution in [2.24, 2.45) is 0 Å². The summed E-state index contributed by atoms with van der Waals surface area (Å²) in [4.78, 5) is 13.4. The van der Waals surface area contributed by atoms with Crippen LogP contribution >= 0.6 is 46.3 Å². The summed E-state index contributed by atoms with van der Waals surface area (Å²) in [6.45, 7) is 0. The standard InChI is InChI=1S/C17H14Cl2N4OS2/c18-10-3-6-13(12(19)8-10)20-15(24)9-26-17-22-21-16(14-2-1-7-25-14)23(17)11-4-5-11/h1-3,6-8,11H,4-5,9H2,(H,20,24). The Morgan fingerprint density at radius 1 is 1.31 bits per heavy atom. The number of thioether (sulfide) groups is 1. The van der Waals surface area contributed by atoms with Crippen molar-refractivity contribution in [2.75, 3.05) is 11.1 Å². The molecule has 3 aromatic rings. The van der Waals surface area contributed by atoms with Crippen molar-refractivity contribution in [3.05, 3.63) is 45.8 Å². The van der Waals surface area contributed by atoms with Crippen LogP contribution in [0.3, 0.4) is 0 Å². The van der Waals surface area contributed by atoms with E-state index in [4.69, 9.17) is 23.2 Å². The zero-order valence-corrected chi connectivity index (χ0v) is 16.6. The molecule has 0 bridgehead atoms.